The number of ether oxygens (including phenoxy) is 1. The normalized spacial score (nSPS) is 19.8. The number of nitrogens with zero attached hydrogens (tertiary/aromatic N) is 6. The van der Waals surface area contributed by atoms with Crippen molar-refractivity contribution in [3.05, 3.63) is 57.6 Å². The summed E-state index contributed by atoms with van der Waals surface area (Å²) in [4.78, 5) is 25.7. The van der Waals surface area contributed by atoms with Gasteiger partial charge in [-0.1, -0.05) is 6.07 Å². The lowest BCUT2D eigenvalue weighted by Crippen LogP contribution is -2.57. The smallest absolute Gasteiger partial charge is 0.406 e. The minimum absolute atomic E-state index is 0.0294. The van der Waals surface area contributed by atoms with Gasteiger partial charge in [-0.3, -0.25) is 9.47 Å². The standard InChI is InChI=1S/C25H27F3N6O2/c1-14-10-19(36-25(26,27)28)7-8-20(14)17(4)33-12-16(3)34(13-15(33)2)23-22-21(32(5)24(35)31-23)9-6-18(11-29)30-22/h6-10,15-17H,12-13H2,1-5H3/t15-,16+,17?/m1/s1. The number of nitriles is 1. The number of rotatable bonds is 4. The maximum Gasteiger partial charge on any atom is 0.573 e. The second kappa shape index (κ2) is 9.43. The maximum atomic E-state index is 12.6. The van der Waals surface area contributed by atoms with Gasteiger partial charge >= 0.3 is 12.1 Å². The van der Waals surface area contributed by atoms with Gasteiger partial charge in [-0.05, 0) is 63.1 Å². The SMILES string of the molecule is Cc1cc(OC(F)(F)F)ccc1C(C)N1C[C@H](C)N(c2nc(=O)n(C)c3ccc(C#N)nc23)C[C@H]1C. The Morgan fingerprint density at radius 2 is 1.86 bits per heavy atom. The number of hydrogen-bond donors (Lipinski definition) is 0. The number of hydrogen-bond acceptors (Lipinski definition) is 7. The van der Waals surface area contributed by atoms with E-state index in [1.54, 1.807) is 32.2 Å². The molecule has 0 saturated carbocycles. The lowest BCUT2D eigenvalue weighted by atomic mass is 9.97. The summed E-state index contributed by atoms with van der Waals surface area (Å²) in [5, 5.41) is 9.33. The highest BCUT2D eigenvalue weighted by Crippen LogP contribution is 2.34. The molecular weight excluding hydrogens is 473 g/mol. The maximum absolute atomic E-state index is 12.6. The summed E-state index contributed by atoms with van der Waals surface area (Å²) in [5.74, 6) is 0.205. The number of aryl methyl sites for hydroxylation is 2. The zero-order valence-electron chi connectivity index (χ0n) is 20.7. The van der Waals surface area contributed by atoms with Crippen molar-refractivity contribution in [2.45, 2.75) is 52.2 Å². The molecule has 0 aliphatic carbocycles. The highest BCUT2D eigenvalue weighted by Gasteiger charge is 2.35. The lowest BCUT2D eigenvalue weighted by molar-refractivity contribution is -0.274. The average molecular weight is 501 g/mol. The number of benzene rings is 1. The van der Waals surface area contributed by atoms with Crippen molar-refractivity contribution in [3.63, 3.8) is 0 Å². The summed E-state index contributed by atoms with van der Waals surface area (Å²) in [6.07, 6.45) is -4.74. The Labute approximate surface area is 206 Å². The van der Waals surface area contributed by atoms with Crippen molar-refractivity contribution in [1.82, 2.24) is 19.4 Å². The van der Waals surface area contributed by atoms with Crippen LogP contribution in [0.1, 0.15) is 43.6 Å². The molecule has 4 rings (SSSR count). The number of alkyl halides is 3. The number of pyridine rings is 1. The molecule has 1 aliphatic heterocycles. The van der Waals surface area contributed by atoms with Gasteiger partial charge in [0.1, 0.15) is 23.0 Å². The molecule has 1 unspecified atom stereocenters. The third-order valence-electron chi connectivity index (χ3n) is 6.78. The van der Waals surface area contributed by atoms with Crippen LogP contribution in [0, 0.1) is 18.3 Å². The van der Waals surface area contributed by atoms with Crippen LogP contribution >= 0.6 is 0 Å². The molecule has 0 N–H and O–H groups in total. The van der Waals surface area contributed by atoms with E-state index < -0.39 is 12.1 Å². The third-order valence-corrected chi connectivity index (χ3v) is 6.78. The second-order valence-electron chi connectivity index (χ2n) is 9.24. The molecule has 0 bridgehead atoms. The molecule has 0 amide bonds. The first kappa shape index (κ1) is 25.4. The number of fused-ring (bicyclic) bond motifs is 1. The van der Waals surface area contributed by atoms with Gasteiger partial charge in [-0.15, -0.1) is 13.2 Å². The zero-order valence-corrected chi connectivity index (χ0v) is 20.7. The number of piperazine rings is 1. The molecule has 1 aromatic carbocycles. The number of anilines is 1. The molecule has 11 heteroatoms. The van der Waals surface area contributed by atoms with Crippen molar-refractivity contribution in [2.75, 3.05) is 18.0 Å². The highest BCUT2D eigenvalue weighted by atomic mass is 19.4. The Hall–Kier alpha value is -3.65. The minimum atomic E-state index is -4.74. The molecule has 2 aromatic heterocycles. The van der Waals surface area contributed by atoms with Crippen molar-refractivity contribution >= 4 is 16.9 Å². The summed E-state index contributed by atoms with van der Waals surface area (Å²) in [6, 6.07) is 9.64. The van der Waals surface area contributed by atoms with Crippen molar-refractivity contribution < 1.29 is 17.9 Å². The second-order valence-corrected chi connectivity index (χ2v) is 9.24. The Kier molecular flexibility index (Phi) is 6.66. The number of aromatic nitrogens is 3. The van der Waals surface area contributed by atoms with Gasteiger partial charge < -0.3 is 9.64 Å². The lowest BCUT2D eigenvalue weighted by Gasteiger charge is -2.47. The summed E-state index contributed by atoms with van der Waals surface area (Å²) in [6.45, 7) is 9.05. The fraction of sp³-hybridized carbons (Fsp3) is 0.440. The van der Waals surface area contributed by atoms with E-state index in [0.717, 1.165) is 5.56 Å². The van der Waals surface area contributed by atoms with Gasteiger partial charge in [0.05, 0.1) is 5.52 Å². The van der Waals surface area contributed by atoms with Crippen LogP contribution in [-0.4, -0.2) is 51.0 Å². The summed E-state index contributed by atoms with van der Waals surface area (Å²) in [7, 11) is 1.62. The van der Waals surface area contributed by atoms with Crippen molar-refractivity contribution in [1.29, 1.82) is 5.26 Å². The Balaban J connectivity index is 1.63. The van der Waals surface area contributed by atoms with Crippen LogP contribution in [-0.2, 0) is 7.05 Å². The molecule has 3 heterocycles. The summed E-state index contributed by atoms with van der Waals surface area (Å²) < 4.78 is 43.3. The van der Waals surface area contributed by atoms with E-state index in [1.807, 2.05) is 24.8 Å². The first-order valence-corrected chi connectivity index (χ1v) is 11.6. The predicted molar refractivity (Wildman–Crippen MR) is 129 cm³/mol. The van der Waals surface area contributed by atoms with E-state index in [1.165, 1.54) is 16.7 Å². The third kappa shape index (κ3) is 4.86. The monoisotopic (exact) mass is 500 g/mol. The summed E-state index contributed by atoms with van der Waals surface area (Å²) >= 11 is 0. The molecule has 190 valence electrons. The molecule has 36 heavy (non-hydrogen) atoms. The first-order chi connectivity index (χ1) is 16.9. The van der Waals surface area contributed by atoms with Crippen LogP contribution < -0.4 is 15.3 Å². The Morgan fingerprint density at radius 1 is 1.14 bits per heavy atom. The van der Waals surface area contributed by atoms with Crippen LogP contribution in [0.15, 0.2) is 35.1 Å². The van der Waals surface area contributed by atoms with Gasteiger partial charge in [0.25, 0.3) is 0 Å². The Morgan fingerprint density at radius 3 is 2.50 bits per heavy atom. The molecular formula is C25H27F3N6O2. The Bertz CT molecular complexity index is 1400. The van der Waals surface area contributed by atoms with Crippen LogP contribution in [0.2, 0.25) is 0 Å². The van der Waals surface area contributed by atoms with Gasteiger partial charge in [-0.25, -0.2) is 9.78 Å². The van der Waals surface area contributed by atoms with E-state index in [2.05, 4.69) is 26.5 Å². The average Bonchev–Trinajstić information content (AvgIpc) is 2.81. The van der Waals surface area contributed by atoms with Crippen LogP contribution in [0.5, 0.6) is 5.75 Å². The molecule has 1 aliphatic rings. The van der Waals surface area contributed by atoms with E-state index in [-0.39, 0.29) is 29.6 Å². The van der Waals surface area contributed by atoms with Crippen LogP contribution in [0.3, 0.4) is 0 Å². The van der Waals surface area contributed by atoms with Crippen molar-refractivity contribution in [2.24, 2.45) is 7.05 Å². The molecule has 3 aromatic rings. The largest absolute Gasteiger partial charge is 0.573 e. The van der Waals surface area contributed by atoms with E-state index >= 15 is 0 Å². The highest BCUT2D eigenvalue weighted by molar-refractivity contribution is 5.86. The van der Waals surface area contributed by atoms with Crippen LogP contribution in [0.4, 0.5) is 19.0 Å². The zero-order chi connectivity index (χ0) is 26.4. The predicted octanol–water partition coefficient (Wildman–Crippen LogP) is 4.07. The molecule has 1 saturated heterocycles. The molecule has 8 nitrogen and oxygen atoms in total. The van der Waals surface area contributed by atoms with E-state index in [4.69, 9.17) is 0 Å². The van der Waals surface area contributed by atoms with Gasteiger partial charge in [0.2, 0.25) is 0 Å². The van der Waals surface area contributed by atoms with Gasteiger partial charge in [-0.2, -0.15) is 10.2 Å². The first-order valence-electron chi connectivity index (χ1n) is 11.6. The van der Waals surface area contributed by atoms with E-state index in [0.29, 0.717) is 35.5 Å². The summed E-state index contributed by atoms with van der Waals surface area (Å²) in [5.41, 5.74) is 2.54. The number of halogens is 3. The fourth-order valence-corrected chi connectivity index (χ4v) is 4.95. The van der Waals surface area contributed by atoms with Crippen molar-refractivity contribution in [3.8, 4) is 11.8 Å². The molecule has 1 fully saturated rings. The quantitative estimate of drug-likeness (QED) is 0.534. The van der Waals surface area contributed by atoms with E-state index in [9.17, 15) is 23.2 Å². The molecule has 0 radical (unpaired) electrons. The fourth-order valence-electron chi connectivity index (χ4n) is 4.95. The van der Waals surface area contributed by atoms with Gasteiger partial charge in [0.15, 0.2) is 5.82 Å². The van der Waals surface area contributed by atoms with Gasteiger partial charge in [0, 0.05) is 38.3 Å². The minimum Gasteiger partial charge on any atom is -0.406 e. The topological polar surface area (TPSA) is 87.3 Å². The molecule has 3 atom stereocenters. The molecule has 0 spiro atoms. The van der Waals surface area contributed by atoms with Crippen LogP contribution in [0.25, 0.3) is 11.0 Å².